The Labute approximate surface area is 90.8 Å². The molecule has 0 aromatic heterocycles. The maximum absolute atomic E-state index is 11.4. The van der Waals surface area contributed by atoms with Crippen molar-refractivity contribution in [2.45, 2.75) is 13.0 Å². The van der Waals surface area contributed by atoms with Gasteiger partial charge in [-0.3, -0.25) is 4.90 Å². The Morgan fingerprint density at radius 1 is 1.43 bits per heavy atom. The highest BCUT2D eigenvalue weighted by Gasteiger charge is 2.28. The van der Waals surface area contributed by atoms with E-state index in [-0.39, 0.29) is 12.2 Å². The minimum Gasteiger partial charge on any atom is -0.444 e. The first-order chi connectivity index (χ1) is 6.66. The second kappa shape index (κ2) is 3.61. The summed E-state index contributed by atoms with van der Waals surface area (Å²) < 4.78 is 6.04. The molecule has 1 atom stereocenters. The van der Waals surface area contributed by atoms with Gasteiger partial charge >= 0.3 is 6.09 Å². The quantitative estimate of drug-likeness (QED) is 0.773. The van der Waals surface area contributed by atoms with Crippen LogP contribution >= 0.6 is 15.9 Å². The van der Waals surface area contributed by atoms with E-state index in [2.05, 4.69) is 15.9 Å². The van der Waals surface area contributed by atoms with Crippen LogP contribution in [0.15, 0.2) is 28.7 Å². The molecule has 2 rings (SSSR count). The predicted molar refractivity (Wildman–Crippen MR) is 57.4 cm³/mol. The first-order valence-corrected chi connectivity index (χ1v) is 5.20. The van der Waals surface area contributed by atoms with Crippen molar-refractivity contribution in [3.05, 3.63) is 28.7 Å². The lowest BCUT2D eigenvalue weighted by molar-refractivity contribution is 0.150. The van der Waals surface area contributed by atoms with Crippen molar-refractivity contribution >= 4 is 27.7 Å². The van der Waals surface area contributed by atoms with E-state index in [1.807, 2.05) is 31.2 Å². The van der Waals surface area contributed by atoms with Gasteiger partial charge in [-0.05, 0) is 31.2 Å². The van der Waals surface area contributed by atoms with Crippen molar-refractivity contribution in [2.24, 2.45) is 0 Å². The topological polar surface area (TPSA) is 29.5 Å². The normalized spacial score (nSPS) is 21.1. The molecule has 0 spiro atoms. The molecule has 3 nitrogen and oxygen atoms in total. The maximum atomic E-state index is 11.4. The standard InChI is InChI=1S/C10H10BrNO2/c1-7-6-12(10(13)14-7)9-4-2-8(11)3-5-9/h2-5,7H,6H2,1H3/t7-/m0/s1. The first-order valence-electron chi connectivity index (χ1n) is 4.40. The van der Waals surface area contributed by atoms with Crippen LogP contribution in [0.3, 0.4) is 0 Å². The molecule has 1 heterocycles. The molecule has 1 aromatic carbocycles. The van der Waals surface area contributed by atoms with Gasteiger partial charge in [0.05, 0.1) is 6.54 Å². The van der Waals surface area contributed by atoms with Crippen LogP contribution in [0.2, 0.25) is 0 Å². The number of ether oxygens (including phenoxy) is 1. The number of hydrogen-bond acceptors (Lipinski definition) is 2. The zero-order chi connectivity index (χ0) is 10.1. The SMILES string of the molecule is C[C@H]1CN(c2ccc(Br)cc2)C(=O)O1. The highest BCUT2D eigenvalue weighted by atomic mass is 79.9. The van der Waals surface area contributed by atoms with Gasteiger partial charge in [-0.1, -0.05) is 15.9 Å². The van der Waals surface area contributed by atoms with Crippen LogP contribution in [-0.2, 0) is 4.74 Å². The molecule has 1 aliphatic rings. The molecular formula is C10H10BrNO2. The van der Waals surface area contributed by atoms with Gasteiger partial charge in [0.2, 0.25) is 0 Å². The smallest absolute Gasteiger partial charge is 0.414 e. The summed E-state index contributed by atoms with van der Waals surface area (Å²) in [5.41, 5.74) is 0.877. The molecule has 1 fully saturated rings. The average Bonchev–Trinajstić information content (AvgIpc) is 2.47. The molecule has 1 saturated heterocycles. The molecule has 0 bridgehead atoms. The number of benzene rings is 1. The predicted octanol–water partition coefficient (Wildman–Crippen LogP) is 2.79. The highest BCUT2D eigenvalue weighted by Crippen LogP contribution is 2.23. The van der Waals surface area contributed by atoms with E-state index < -0.39 is 0 Å². The summed E-state index contributed by atoms with van der Waals surface area (Å²) in [5.74, 6) is 0. The fourth-order valence-corrected chi connectivity index (χ4v) is 1.70. The average molecular weight is 256 g/mol. The van der Waals surface area contributed by atoms with Crippen LogP contribution in [0, 0.1) is 0 Å². The fraction of sp³-hybridized carbons (Fsp3) is 0.300. The van der Waals surface area contributed by atoms with Gasteiger partial charge in [0.15, 0.2) is 0 Å². The van der Waals surface area contributed by atoms with Crippen LogP contribution in [-0.4, -0.2) is 18.7 Å². The van der Waals surface area contributed by atoms with E-state index in [9.17, 15) is 4.79 Å². The number of halogens is 1. The molecule has 0 radical (unpaired) electrons. The lowest BCUT2D eigenvalue weighted by Crippen LogP contribution is -2.23. The van der Waals surface area contributed by atoms with Gasteiger partial charge in [-0.15, -0.1) is 0 Å². The lowest BCUT2D eigenvalue weighted by atomic mass is 10.3. The van der Waals surface area contributed by atoms with Crippen molar-refractivity contribution in [1.29, 1.82) is 0 Å². The van der Waals surface area contributed by atoms with Crippen LogP contribution in [0.4, 0.5) is 10.5 Å². The largest absolute Gasteiger partial charge is 0.444 e. The fourth-order valence-electron chi connectivity index (χ4n) is 1.44. The van der Waals surface area contributed by atoms with Crippen molar-refractivity contribution in [1.82, 2.24) is 0 Å². The molecule has 4 heteroatoms. The summed E-state index contributed by atoms with van der Waals surface area (Å²) in [6.07, 6.45) is -0.286. The van der Waals surface area contributed by atoms with Gasteiger partial charge in [0, 0.05) is 10.2 Å². The molecule has 0 unspecified atom stereocenters. The molecule has 74 valence electrons. The van der Waals surface area contributed by atoms with Crippen molar-refractivity contribution < 1.29 is 9.53 Å². The second-order valence-corrected chi connectivity index (χ2v) is 4.20. The highest BCUT2D eigenvalue weighted by molar-refractivity contribution is 9.10. The Hall–Kier alpha value is -1.03. The zero-order valence-electron chi connectivity index (χ0n) is 7.74. The van der Waals surface area contributed by atoms with Gasteiger partial charge in [-0.25, -0.2) is 4.79 Å². The van der Waals surface area contributed by atoms with Gasteiger partial charge in [0.1, 0.15) is 6.10 Å². The Kier molecular flexibility index (Phi) is 2.46. The Morgan fingerprint density at radius 3 is 2.57 bits per heavy atom. The van der Waals surface area contributed by atoms with E-state index in [4.69, 9.17) is 4.74 Å². The van der Waals surface area contributed by atoms with E-state index >= 15 is 0 Å². The molecule has 1 aliphatic heterocycles. The number of cyclic esters (lactones) is 1. The monoisotopic (exact) mass is 255 g/mol. The first kappa shape index (κ1) is 9.52. The number of carbonyl (C=O) groups excluding carboxylic acids is 1. The maximum Gasteiger partial charge on any atom is 0.414 e. The van der Waals surface area contributed by atoms with Gasteiger partial charge in [0.25, 0.3) is 0 Å². The zero-order valence-corrected chi connectivity index (χ0v) is 9.32. The molecular weight excluding hydrogens is 246 g/mol. The minimum atomic E-state index is -0.264. The number of hydrogen-bond donors (Lipinski definition) is 0. The summed E-state index contributed by atoms with van der Waals surface area (Å²) in [5, 5.41) is 0. The van der Waals surface area contributed by atoms with Crippen molar-refractivity contribution in [3.8, 4) is 0 Å². The summed E-state index contributed by atoms with van der Waals surface area (Å²) in [6, 6.07) is 7.60. The Bertz CT molecular complexity index is 350. The third-order valence-corrected chi connectivity index (χ3v) is 2.63. The number of amides is 1. The van der Waals surface area contributed by atoms with Crippen LogP contribution in [0.1, 0.15) is 6.92 Å². The number of anilines is 1. The molecule has 0 saturated carbocycles. The van der Waals surface area contributed by atoms with E-state index in [1.54, 1.807) is 4.90 Å². The van der Waals surface area contributed by atoms with E-state index in [0.29, 0.717) is 6.54 Å². The van der Waals surface area contributed by atoms with Gasteiger partial charge < -0.3 is 4.74 Å². The Balaban J connectivity index is 2.23. The molecule has 1 aromatic rings. The minimum absolute atomic E-state index is 0.0221. The van der Waals surface area contributed by atoms with Crippen molar-refractivity contribution in [2.75, 3.05) is 11.4 Å². The third-order valence-electron chi connectivity index (χ3n) is 2.10. The number of carbonyl (C=O) groups is 1. The summed E-state index contributed by atoms with van der Waals surface area (Å²) in [7, 11) is 0. The Morgan fingerprint density at radius 2 is 2.07 bits per heavy atom. The molecule has 1 amide bonds. The van der Waals surface area contributed by atoms with E-state index in [0.717, 1.165) is 10.2 Å². The van der Waals surface area contributed by atoms with Crippen molar-refractivity contribution in [3.63, 3.8) is 0 Å². The molecule has 0 N–H and O–H groups in total. The van der Waals surface area contributed by atoms with Crippen LogP contribution in [0.25, 0.3) is 0 Å². The van der Waals surface area contributed by atoms with Crippen LogP contribution < -0.4 is 4.90 Å². The summed E-state index contributed by atoms with van der Waals surface area (Å²) in [4.78, 5) is 13.0. The molecule has 0 aliphatic carbocycles. The number of nitrogens with zero attached hydrogens (tertiary/aromatic N) is 1. The number of rotatable bonds is 1. The lowest BCUT2D eigenvalue weighted by Gasteiger charge is -2.12. The van der Waals surface area contributed by atoms with E-state index in [1.165, 1.54) is 0 Å². The summed E-state index contributed by atoms with van der Waals surface area (Å²) >= 11 is 3.35. The van der Waals surface area contributed by atoms with Crippen LogP contribution in [0.5, 0.6) is 0 Å². The molecule has 14 heavy (non-hydrogen) atoms. The summed E-state index contributed by atoms with van der Waals surface area (Å²) in [6.45, 7) is 2.51. The third kappa shape index (κ3) is 1.75. The second-order valence-electron chi connectivity index (χ2n) is 3.28. The van der Waals surface area contributed by atoms with Gasteiger partial charge in [-0.2, -0.15) is 0 Å².